The van der Waals surface area contributed by atoms with Gasteiger partial charge in [0.25, 0.3) is 0 Å². The van der Waals surface area contributed by atoms with Crippen molar-refractivity contribution in [1.29, 1.82) is 0 Å². The van der Waals surface area contributed by atoms with E-state index in [1.165, 1.54) is 4.31 Å². The van der Waals surface area contributed by atoms with Gasteiger partial charge < -0.3 is 4.42 Å². The van der Waals surface area contributed by atoms with Gasteiger partial charge in [-0.3, -0.25) is 14.6 Å². The molecule has 0 unspecified atom stereocenters. The van der Waals surface area contributed by atoms with Crippen molar-refractivity contribution in [3.05, 3.63) is 36.2 Å². The molecular formula is C18H21N5O2S. The molecule has 0 aliphatic carbocycles. The van der Waals surface area contributed by atoms with Crippen LogP contribution in [0.15, 0.2) is 34.9 Å². The first-order valence-electron chi connectivity index (χ1n) is 8.55. The van der Waals surface area contributed by atoms with Crippen LogP contribution in [0, 0.1) is 6.92 Å². The van der Waals surface area contributed by atoms with Gasteiger partial charge in [0.1, 0.15) is 22.8 Å². The third-order valence-electron chi connectivity index (χ3n) is 3.84. The Balaban J connectivity index is 1.76. The number of carbonyl (C=O) groups is 1. The Morgan fingerprint density at radius 2 is 2.08 bits per heavy atom. The summed E-state index contributed by atoms with van der Waals surface area (Å²) in [5, 5.41) is 2.73. The van der Waals surface area contributed by atoms with Gasteiger partial charge in [-0.1, -0.05) is 32.6 Å². The van der Waals surface area contributed by atoms with E-state index in [-0.39, 0.29) is 6.03 Å². The molecule has 3 heterocycles. The number of nitrogens with one attached hydrogen (secondary N) is 1. The molecule has 3 rings (SSSR count). The molecule has 3 aromatic rings. The van der Waals surface area contributed by atoms with Crippen LogP contribution in [0.3, 0.4) is 0 Å². The first-order valence-corrected chi connectivity index (χ1v) is 8.95. The molecule has 0 fully saturated rings. The summed E-state index contributed by atoms with van der Waals surface area (Å²) in [6, 6.07) is 6.85. The number of nitrogens with zero attached hydrogens (tertiary/aromatic N) is 4. The fraction of sp³-hybridized carbons (Fsp3) is 0.333. The minimum Gasteiger partial charge on any atom is -0.460 e. The summed E-state index contributed by atoms with van der Waals surface area (Å²) >= 11 is 4.22. The summed E-state index contributed by atoms with van der Waals surface area (Å²) in [5.74, 6) is 1.83. The van der Waals surface area contributed by atoms with Gasteiger partial charge in [0.05, 0.1) is 6.20 Å². The van der Waals surface area contributed by atoms with Crippen LogP contribution in [-0.4, -0.2) is 31.8 Å². The van der Waals surface area contributed by atoms with E-state index in [9.17, 15) is 4.79 Å². The standard InChI is InChI=1S/C18H21N5O2S/c1-3-4-5-10-23(26)18(24)22-16-9-7-13-17(21-16)20-14(11-19-13)15-8-6-12(2)25-15/h6-9,11,26H,3-5,10H2,1-2H3,(H,20,21,22,24). The van der Waals surface area contributed by atoms with Crippen molar-refractivity contribution in [2.45, 2.75) is 33.1 Å². The van der Waals surface area contributed by atoms with Gasteiger partial charge in [-0.25, -0.2) is 14.8 Å². The number of urea groups is 1. The topological polar surface area (TPSA) is 84.2 Å². The Hall–Kier alpha value is -2.61. The largest absolute Gasteiger partial charge is 0.460 e. The lowest BCUT2D eigenvalue weighted by molar-refractivity contribution is 0.238. The number of aromatic nitrogens is 3. The van der Waals surface area contributed by atoms with Crippen molar-refractivity contribution in [2.24, 2.45) is 0 Å². The second-order valence-corrected chi connectivity index (χ2v) is 6.45. The number of furan rings is 1. The predicted octanol–water partition coefficient (Wildman–Crippen LogP) is 4.46. The van der Waals surface area contributed by atoms with E-state index in [2.05, 4.69) is 40.0 Å². The lowest BCUT2D eigenvalue weighted by Crippen LogP contribution is -2.28. The summed E-state index contributed by atoms with van der Waals surface area (Å²) in [7, 11) is 0. The summed E-state index contributed by atoms with van der Waals surface area (Å²) in [6.07, 6.45) is 4.70. The molecular weight excluding hydrogens is 350 g/mol. The van der Waals surface area contributed by atoms with Gasteiger partial charge in [0.2, 0.25) is 0 Å². The van der Waals surface area contributed by atoms with Crippen LogP contribution in [0.4, 0.5) is 10.6 Å². The maximum Gasteiger partial charge on any atom is 0.332 e. The Morgan fingerprint density at radius 1 is 1.23 bits per heavy atom. The van der Waals surface area contributed by atoms with Crippen LogP contribution < -0.4 is 5.32 Å². The number of hydrogen-bond acceptors (Lipinski definition) is 6. The van der Waals surface area contributed by atoms with Gasteiger partial charge in [0, 0.05) is 6.54 Å². The number of carbonyl (C=O) groups excluding carboxylic acids is 1. The highest BCUT2D eigenvalue weighted by atomic mass is 32.1. The summed E-state index contributed by atoms with van der Waals surface area (Å²) < 4.78 is 6.93. The van der Waals surface area contributed by atoms with Crippen LogP contribution in [-0.2, 0) is 0 Å². The van der Waals surface area contributed by atoms with E-state index >= 15 is 0 Å². The normalized spacial score (nSPS) is 10.9. The van der Waals surface area contributed by atoms with Crippen molar-refractivity contribution in [3.8, 4) is 11.5 Å². The van der Waals surface area contributed by atoms with Gasteiger partial charge in [0.15, 0.2) is 11.4 Å². The highest BCUT2D eigenvalue weighted by Crippen LogP contribution is 2.21. The molecule has 7 nitrogen and oxygen atoms in total. The van der Waals surface area contributed by atoms with Crippen molar-refractivity contribution in [1.82, 2.24) is 19.3 Å². The summed E-state index contributed by atoms with van der Waals surface area (Å²) in [6.45, 7) is 4.56. The zero-order valence-corrected chi connectivity index (χ0v) is 15.7. The lowest BCUT2D eigenvalue weighted by Gasteiger charge is -2.15. The molecule has 136 valence electrons. The van der Waals surface area contributed by atoms with E-state index in [1.807, 2.05) is 19.1 Å². The van der Waals surface area contributed by atoms with E-state index in [4.69, 9.17) is 4.42 Å². The molecule has 0 spiro atoms. The zero-order chi connectivity index (χ0) is 18.5. The minimum absolute atomic E-state index is 0.318. The number of anilines is 1. The average Bonchev–Trinajstić information content (AvgIpc) is 3.07. The fourth-order valence-corrected chi connectivity index (χ4v) is 2.64. The third-order valence-corrected chi connectivity index (χ3v) is 4.22. The Morgan fingerprint density at radius 3 is 2.81 bits per heavy atom. The number of rotatable bonds is 6. The van der Waals surface area contributed by atoms with E-state index in [0.717, 1.165) is 25.0 Å². The molecule has 0 atom stereocenters. The Kier molecular flexibility index (Phi) is 5.72. The maximum absolute atomic E-state index is 12.2. The molecule has 0 radical (unpaired) electrons. The van der Waals surface area contributed by atoms with Crippen LogP contribution in [0.25, 0.3) is 22.6 Å². The van der Waals surface area contributed by atoms with Gasteiger partial charge >= 0.3 is 6.03 Å². The van der Waals surface area contributed by atoms with Crippen molar-refractivity contribution < 1.29 is 9.21 Å². The molecule has 0 aromatic carbocycles. The van der Waals surface area contributed by atoms with Crippen molar-refractivity contribution >= 4 is 35.8 Å². The first-order chi connectivity index (χ1) is 12.6. The molecule has 0 aliphatic heterocycles. The summed E-state index contributed by atoms with van der Waals surface area (Å²) in [4.78, 5) is 25.4. The molecule has 8 heteroatoms. The molecule has 0 bridgehead atoms. The highest BCUT2D eigenvalue weighted by molar-refractivity contribution is 7.78. The van der Waals surface area contributed by atoms with E-state index < -0.39 is 0 Å². The Labute approximate surface area is 157 Å². The molecule has 0 saturated heterocycles. The second kappa shape index (κ2) is 8.18. The predicted molar refractivity (Wildman–Crippen MR) is 104 cm³/mol. The number of pyridine rings is 1. The van der Waals surface area contributed by atoms with Crippen LogP contribution in [0.2, 0.25) is 0 Å². The highest BCUT2D eigenvalue weighted by Gasteiger charge is 2.12. The van der Waals surface area contributed by atoms with Gasteiger partial charge in [-0.05, 0) is 37.6 Å². The van der Waals surface area contributed by atoms with Crippen LogP contribution in [0.1, 0.15) is 31.9 Å². The van der Waals surface area contributed by atoms with E-state index in [1.54, 1.807) is 18.3 Å². The van der Waals surface area contributed by atoms with Crippen LogP contribution >= 0.6 is 12.8 Å². The second-order valence-electron chi connectivity index (χ2n) is 5.97. The van der Waals surface area contributed by atoms with Crippen molar-refractivity contribution in [2.75, 3.05) is 11.9 Å². The smallest absolute Gasteiger partial charge is 0.332 e. The first kappa shape index (κ1) is 18.2. The number of amides is 2. The van der Waals surface area contributed by atoms with E-state index in [0.29, 0.717) is 35.0 Å². The van der Waals surface area contributed by atoms with Gasteiger partial charge in [-0.2, -0.15) is 0 Å². The number of thiol groups is 1. The monoisotopic (exact) mass is 371 g/mol. The fourth-order valence-electron chi connectivity index (χ4n) is 2.45. The quantitative estimate of drug-likeness (QED) is 0.493. The minimum atomic E-state index is -0.318. The zero-order valence-electron chi connectivity index (χ0n) is 14.8. The number of fused-ring (bicyclic) bond motifs is 1. The molecule has 1 N–H and O–H groups in total. The summed E-state index contributed by atoms with van der Waals surface area (Å²) in [5.41, 5.74) is 1.67. The number of hydrogen-bond donors (Lipinski definition) is 2. The molecule has 3 aromatic heterocycles. The molecule has 26 heavy (non-hydrogen) atoms. The van der Waals surface area contributed by atoms with Crippen LogP contribution in [0.5, 0.6) is 0 Å². The lowest BCUT2D eigenvalue weighted by atomic mass is 10.2. The molecule has 2 amide bonds. The SMILES string of the molecule is CCCCCN(S)C(=O)Nc1ccc2ncc(-c3ccc(C)o3)nc2n1. The molecule has 0 saturated carbocycles. The van der Waals surface area contributed by atoms with Crippen molar-refractivity contribution in [3.63, 3.8) is 0 Å². The maximum atomic E-state index is 12.2. The molecule has 0 aliphatic rings. The average molecular weight is 371 g/mol. The number of unbranched alkanes of at least 4 members (excludes halogenated alkanes) is 2. The number of aryl methyl sites for hydroxylation is 1. The third kappa shape index (κ3) is 4.32. The van der Waals surface area contributed by atoms with Gasteiger partial charge in [-0.15, -0.1) is 0 Å². The Bertz CT molecular complexity index is 911.